The zero-order chi connectivity index (χ0) is 50.5. The van der Waals surface area contributed by atoms with Crippen molar-refractivity contribution in [3.8, 4) is 56.0 Å². The first kappa shape index (κ1) is 45.1. The van der Waals surface area contributed by atoms with Gasteiger partial charge >= 0.3 is 0 Å². The molecule has 14 rings (SSSR count). The Morgan fingerprint density at radius 2 is 0.618 bits per heavy atom. The molecule has 0 atom stereocenters. The number of fused-ring (bicyclic) bond motifs is 8. The molecule has 0 aromatic heterocycles. The van der Waals surface area contributed by atoms with E-state index >= 15 is 0 Å². The molecule has 76 heavy (non-hydrogen) atoms. The summed E-state index contributed by atoms with van der Waals surface area (Å²) in [5.41, 5.74) is 17.0. The van der Waals surface area contributed by atoms with Crippen LogP contribution in [0.4, 0.5) is 17.1 Å². The van der Waals surface area contributed by atoms with Gasteiger partial charge in [0.15, 0.2) is 8.07 Å². The van der Waals surface area contributed by atoms with Crippen LogP contribution in [0.5, 0.6) is 11.5 Å². The third kappa shape index (κ3) is 7.31. The summed E-state index contributed by atoms with van der Waals surface area (Å²) in [7, 11) is -2.86. The molecule has 0 radical (unpaired) electrons. The molecule has 2 heterocycles. The molecule has 0 saturated carbocycles. The van der Waals surface area contributed by atoms with Gasteiger partial charge in [-0.25, -0.2) is 0 Å². The Labute approximate surface area is 446 Å². The van der Waals surface area contributed by atoms with Crippen molar-refractivity contribution in [3.63, 3.8) is 0 Å². The molecular formula is C73H51NOSi. The minimum atomic E-state index is -2.86. The van der Waals surface area contributed by atoms with Crippen LogP contribution in [0.15, 0.2) is 309 Å². The lowest BCUT2D eigenvalue weighted by Crippen LogP contribution is -2.79. The molecule has 0 amide bonds. The normalized spacial score (nSPS) is 13.3. The van der Waals surface area contributed by atoms with Gasteiger partial charge in [-0.2, -0.15) is 0 Å². The highest BCUT2D eigenvalue weighted by Crippen LogP contribution is 2.57. The zero-order valence-electron chi connectivity index (χ0n) is 41.8. The molecular weight excluding hydrogens is 935 g/mol. The van der Waals surface area contributed by atoms with Gasteiger partial charge in [-0.3, -0.25) is 0 Å². The van der Waals surface area contributed by atoms with Crippen molar-refractivity contribution < 1.29 is 4.74 Å². The number of ether oxygens (including phenoxy) is 1. The van der Waals surface area contributed by atoms with Crippen LogP contribution in [0, 0.1) is 0 Å². The first-order valence-corrected chi connectivity index (χ1v) is 28.2. The summed E-state index contributed by atoms with van der Waals surface area (Å²) in [6.07, 6.45) is 0. The van der Waals surface area contributed by atoms with Gasteiger partial charge in [0.1, 0.15) is 11.5 Å². The largest absolute Gasteiger partial charge is 0.457 e. The number of benzene rings is 12. The van der Waals surface area contributed by atoms with Crippen LogP contribution < -0.4 is 30.4 Å². The zero-order valence-corrected chi connectivity index (χ0v) is 42.8. The van der Waals surface area contributed by atoms with Gasteiger partial charge in [0.25, 0.3) is 0 Å². The molecule has 0 bridgehead atoms. The molecule has 12 aromatic rings. The molecule has 12 aromatic carbocycles. The van der Waals surface area contributed by atoms with Crippen LogP contribution in [-0.2, 0) is 5.41 Å². The number of hydrogen-bond donors (Lipinski definition) is 0. The quantitative estimate of drug-likeness (QED) is 0.134. The molecule has 0 aliphatic carbocycles. The minimum Gasteiger partial charge on any atom is -0.457 e. The average Bonchev–Trinajstić information content (AvgIpc) is 3.59. The van der Waals surface area contributed by atoms with Gasteiger partial charge in [-0.05, 0) is 131 Å². The van der Waals surface area contributed by atoms with Crippen molar-refractivity contribution in [3.05, 3.63) is 332 Å². The monoisotopic (exact) mass is 985 g/mol. The molecule has 2 nitrogen and oxygen atoms in total. The van der Waals surface area contributed by atoms with Gasteiger partial charge in [0.05, 0.1) is 5.41 Å². The maximum Gasteiger partial charge on any atom is 0.180 e. The molecule has 0 fully saturated rings. The van der Waals surface area contributed by atoms with Crippen molar-refractivity contribution in [1.82, 2.24) is 0 Å². The Morgan fingerprint density at radius 3 is 1.18 bits per heavy atom. The van der Waals surface area contributed by atoms with Gasteiger partial charge in [-0.15, -0.1) is 0 Å². The standard InChI is InChI=1S/C73H51NOSi/c1-5-20-52(21-6-1)53-36-38-54(39-37-53)55-44-47-61(48-45-55)74(60-23-7-2-8-24-60)62-25-19-22-58(50-62)56-40-42-57(43-41-56)59-46-49-70-68(51-59)73(65-30-13-16-33-69(65)75-70)66-31-14-17-34-71(66)76(63-26-9-3-10-27-63,64-28-11-4-12-29-64)72-35-18-15-32-67(72)73/h1-51H. The fourth-order valence-corrected chi connectivity index (χ4v) is 17.8. The van der Waals surface area contributed by atoms with Crippen LogP contribution in [0.25, 0.3) is 44.5 Å². The highest BCUT2D eigenvalue weighted by molar-refractivity contribution is 7.20. The van der Waals surface area contributed by atoms with Crippen molar-refractivity contribution in [2.75, 3.05) is 4.90 Å². The second-order valence-electron chi connectivity index (χ2n) is 19.9. The Bertz CT molecular complexity index is 3960. The number of para-hydroxylation sites is 2. The van der Waals surface area contributed by atoms with Gasteiger partial charge in [0.2, 0.25) is 0 Å². The summed E-state index contributed by atoms with van der Waals surface area (Å²) in [6.45, 7) is 0. The van der Waals surface area contributed by atoms with Crippen LogP contribution in [0.2, 0.25) is 0 Å². The minimum absolute atomic E-state index is 0.660. The highest BCUT2D eigenvalue weighted by atomic mass is 28.3. The number of anilines is 3. The van der Waals surface area contributed by atoms with E-state index in [0.29, 0.717) is 0 Å². The average molecular weight is 986 g/mol. The van der Waals surface area contributed by atoms with E-state index in [9.17, 15) is 0 Å². The van der Waals surface area contributed by atoms with E-state index in [1.54, 1.807) is 0 Å². The topological polar surface area (TPSA) is 12.5 Å². The van der Waals surface area contributed by atoms with Crippen LogP contribution in [0.3, 0.4) is 0 Å². The smallest absolute Gasteiger partial charge is 0.180 e. The van der Waals surface area contributed by atoms with E-state index < -0.39 is 13.5 Å². The van der Waals surface area contributed by atoms with E-state index in [1.165, 1.54) is 54.1 Å². The predicted octanol–water partition coefficient (Wildman–Crippen LogP) is 16.0. The Balaban J connectivity index is 0.844. The first-order valence-electron chi connectivity index (χ1n) is 26.2. The maximum atomic E-state index is 6.97. The van der Waals surface area contributed by atoms with Gasteiger partial charge < -0.3 is 9.64 Å². The summed E-state index contributed by atoms with van der Waals surface area (Å²) in [6, 6.07) is 114. The summed E-state index contributed by atoms with van der Waals surface area (Å²) in [4.78, 5) is 2.34. The van der Waals surface area contributed by atoms with Gasteiger partial charge in [0, 0.05) is 28.2 Å². The highest BCUT2D eigenvalue weighted by Gasteiger charge is 2.57. The lowest BCUT2D eigenvalue weighted by atomic mass is 9.63. The lowest BCUT2D eigenvalue weighted by Gasteiger charge is -2.51. The SMILES string of the molecule is c1ccc(-c2ccc(-c3ccc(N(c4ccccc4)c4cccc(-c5ccc(-c6ccc7c(c6)C6(c8ccccc8O7)c7ccccc7[Si](c7ccccc7)(c7ccccc7)c7ccccc76)cc5)c4)cc3)cc2)cc1. The van der Waals surface area contributed by atoms with Crippen LogP contribution >= 0.6 is 0 Å². The van der Waals surface area contributed by atoms with Gasteiger partial charge in [-0.1, -0.05) is 255 Å². The second-order valence-corrected chi connectivity index (χ2v) is 23.7. The van der Waals surface area contributed by atoms with Crippen molar-refractivity contribution in [1.29, 1.82) is 0 Å². The van der Waals surface area contributed by atoms with Crippen molar-refractivity contribution >= 4 is 45.9 Å². The summed E-state index contributed by atoms with van der Waals surface area (Å²) < 4.78 is 6.97. The third-order valence-electron chi connectivity index (χ3n) is 15.9. The number of hydrogen-bond acceptors (Lipinski definition) is 2. The fourth-order valence-electron chi connectivity index (χ4n) is 12.5. The molecule has 0 N–H and O–H groups in total. The third-order valence-corrected chi connectivity index (χ3v) is 20.8. The predicted molar refractivity (Wildman–Crippen MR) is 318 cm³/mol. The molecule has 0 unspecified atom stereocenters. The molecule has 2 aliphatic heterocycles. The first-order chi connectivity index (χ1) is 37.7. The maximum absolute atomic E-state index is 6.97. The molecule has 3 heteroatoms. The van der Waals surface area contributed by atoms with E-state index in [-0.39, 0.29) is 0 Å². The molecule has 0 saturated heterocycles. The Hall–Kier alpha value is -9.54. The lowest BCUT2D eigenvalue weighted by molar-refractivity contribution is 0.435. The molecule has 358 valence electrons. The second kappa shape index (κ2) is 18.7. The van der Waals surface area contributed by atoms with E-state index in [0.717, 1.165) is 61.9 Å². The summed E-state index contributed by atoms with van der Waals surface area (Å²) >= 11 is 0. The van der Waals surface area contributed by atoms with E-state index in [1.807, 2.05) is 0 Å². The fraction of sp³-hybridized carbons (Fsp3) is 0.0137. The summed E-state index contributed by atoms with van der Waals surface area (Å²) in [5, 5.41) is 5.55. The van der Waals surface area contributed by atoms with Crippen molar-refractivity contribution in [2.24, 2.45) is 0 Å². The molecule has 2 aliphatic rings. The van der Waals surface area contributed by atoms with Crippen molar-refractivity contribution in [2.45, 2.75) is 5.41 Å². The van der Waals surface area contributed by atoms with E-state index in [4.69, 9.17) is 4.74 Å². The number of nitrogens with zero attached hydrogens (tertiary/aromatic N) is 1. The van der Waals surface area contributed by atoms with Crippen LogP contribution in [0.1, 0.15) is 22.3 Å². The number of rotatable bonds is 9. The Kier molecular flexibility index (Phi) is 11.1. The van der Waals surface area contributed by atoms with E-state index in [2.05, 4.69) is 314 Å². The van der Waals surface area contributed by atoms with Crippen LogP contribution in [-0.4, -0.2) is 8.07 Å². The molecule has 1 spiro atoms. The Morgan fingerprint density at radius 1 is 0.250 bits per heavy atom. The summed E-state index contributed by atoms with van der Waals surface area (Å²) in [5.74, 6) is 1.77.